The van der Waals surface area contributed by atoms with Gasteiger partial charge in [0.2, 0.25) is 0 Å². The van der Waals surface area contributed by atoms with Crippen LogP contribution in [0.4, 0.5) is 0 Å². The van der Waals surface area contributed by atoms with E-state index in [0.29, 0.717) is 11.6 Å². The minimum Gasteiger partial charge on any atom is -0.493 e. The highest BCUT2D eigenvalue weighted by Crippen LogP contribution is 2.34. The molecular weight excluding hydrogens is 296 g/mol. The van der Waals surface area contributed by atoms with Crippen molar-refractivity contribution in [1.29, 1.82) is 0 Å². The Morgan fingerprint density at radius 2 is 2.00 bits per heavy atom. The van der Waals surface area contributed by atoms with E-state index in [2.05, 4.69) is 13.5 Å². The lowest BCUT2D eigenvalue weighted by molar-refractivity contribution is 0.218. The number of aliphatic hydroxyl groups excluding tert-OH is 1. The smallest absolute Gasteiger partial charge is 0.126 e. The fourth-order valence-electron chi connectivity index (χ4n) is 2.61. The van der Waals surface area contributed by atoms with Crippen molar-refractivity contribution in [3.63, 3.8) is 0 Å². The van der Waals surface area contributed by atoms with Crippen LogP contribution in [0.2, 0.25) is 5.02 Å². The molecule has 0 unspecified atom stereocenters. The number of rotatable bonds is 6. The quantitative estimate of drug-likeness (QED) is 0.810. The van der Waals surface area contributed by atoms with Crippen LogP contribution >= 0.6 is 11.6 Å². The van der Waals surface area contributed by atoms with Gasteiger partial charge >= 0.3 is 0 Å². The Bertz CT molecular complexity index is 664. The number of ether oxygens (including phenoxy) is 1. The molecule has 0 bridgehead atoms. The minimum absolute atomic E-state index is 0.567. The molecular formula is C19H21ClO2. The first-order valence-electron chi connectivity index (χ1n) is 7.46. The molecule has 0 saturated carbocycles. The Kier molecular flexibility index (Phi) is 5.64. The van der Waals surface area contributed by atoms with Gasteiger partial charge < -0.3 is 9.84 Å². The van der Waals surface area contributed by atoms with Gasteiger partial charge in [-0.05, 0) is 48.2 Å². The van der Waals surface area contributed by atoms with Gasteiger partial charge in [-0.3, -0.25) is 0 Å². The van der Waals surface area contributed by atoms with Crippen molar-refractivity contribution in [2.45, 2.75) is 26.4 Å². The highest BCUT2D eigenvalue weighted by atomic mass is 35.5. The molecule has 0 saturated heterocycles. The van der Waals surface area contributed by atoms with E-state index in [0.717, 1.165) is 34.4 Å². The van der Waals surface area contributed by atoms with E-state index in [9.17, 15) is 5.11 Å². The second kappa shape index (κ2) is 7.48. The van der Waals surface area contributed by atoms with Gasteiger partial charge in [-0.15, -0.1) is 0 Å². The summed E-state index contributed by atoms with van der Waals surface area (Å²) in [5.41, 5.74) is 3.50. The van der Waals surface area contributed by atoms with Crippen LogP contribution in [-0.2, 0) is 6.42 Å². The third-order valence-electron chi connectivity index (χ3n) is 3.68. The number of hydrogen-bond donors (Lipinski definition) is 1. The monoisotopic (exact) mass is 316 g/mol. The third-order valence-corrected chi connectivity index (χ3v) is 3.92. The fourth-order valence-corrected chi connectivity index (χ4v) is 2.79. The molecule has 3 heteroatoms. The molecule has 2 nitrogen and oxygen atoms in total. The molecule has 2 aromatic rings. The Morgan fingerprint density at radius 1 is 1.23 bits per heavy atom. The van der Waals surface area contributed by atoms with Crippen LogP contribution in [-0.4, -0.2) is 11.7 Å². The third kappa shape index (κ3) is 3.34. The number of benzene rings is 2. The normalized spacial score (nSPS) is 12.0. The van der Waals surface area contributed by atoms with E-state index in [1.54, 1.807) is 6.08 Å². The van der Waals surface area contributed by atoms with Crippen LogP contribution in [0, 0.1) is 0 Å². The van der Waals surface area contributed by atoms with Crippen molar-refractivity contribution >= 4 is 17.7 Å². The lowest BCUT2D eigenvalue weighted by Crippen LogP contribution is -2.07. The van der Waals surface area contributed by atoms with Crippen molar-refractivity contribution < 1.29 is 9.84 Å². The zero-order chi connectivity index (χ0) is 16.1. The second-order valence-corrected chi connectivity index (χ2v) is 5.43. The van der Waals surface area contributed by atoms with E-state index in [1.807, 2.05) is 43.3 Å². The molecule has 1 atom stereocenters. The summed E-state index contributed by atoms with van der Waals surface area (Å²) in [6.07, 6.45) is 1.79. The van der Waals surface area contributed by atoms with Gasteiger partial charge in [-0.25, -0.2) is 0 Å². The molecule has 116 valence electrons. The van der Waals surface area contributed by atoms with E-state index < -0.39 is 6.10 Å². The number of hydrogen-bond acceptors (Lipinski definition) is 2. The molecule has 0 spiro atoms. The van der Waals surface area contributed by atoms with E-state index >= 15 is 0 Å². The highest BCUT2D eigenvalue weighted by Gasteiger charge is 2.19. The predicted octanol–water partition coefficient (Wildman–Crippen LogP) is 5.03. The van der Waals surface area contributed by atoms with Gasteiger partial charge in [-0.1, -0.05) is 49.4 Å². The summed E-state index contributed by atoms with van der Waals surface area (Å²) in [4.78, 5) is 0. The first-order valence-corrected chi connectivity index (χ1v) is 7.84. The topological polar surface area (TPSA) is 29.5 Å². The highest BCUT2D eigenvalue weighted by molar-refractivity contribution is 6.30. The summed E-state index contributed by atoms with van der Waals surface area (Å²) in [6, 6.07) is 11.3. The van der Waals surface area contributed by atoms with Gasteiger partial charge in [0.15, 0.2) is 0 Å². The molecule has 22 heavy (non-hydrogen) atoms. The molecule has 2 aromatic carbocycles. The average molecular weight is 317 g/mol. The van der Waals surface area contributed by atoms with Crippen molar-refractivity contribution in [2.75, 3.05) is 6.61 Å². The van der Waals surface area contributed by atoms with Crippen molar-refractivity contribution in [3.8, 4) is 5.75 Å². The summed E-state index contributed by atoms with van der Waals surface area (Å²) >= 11 is 6.10. The SMILES string of the molecule is C=Cc1c(OCC)cccc1[C@@H](O)c1cc(Cl)ccc1CC. The minimum atomic E-state index is -0.762. The lowest BCUT2D eigenvalue weighted by atomic mass is 9.92. The first kappa shape index (κ1) is 16.6. The van der Waals surface area contributed by atoms with E-state index in [4.69, 9.17) is 16.3 Å². The number of aryl methyl sites for hydroxylation is 1. The van der Waals surface area contributed by atoms with Crippen molar-refractivity contribution in [1.82, 2.24) is 0 Å². The Labute approximate surface area is 137 Å². The summed E-state index contributed by atoms with van der Waals surface area (Å²) in [5.74, 6) is 0.731. The molecule has 0 heterocycles. The largest absolute Gasteiger partial charge is 0.493 e. The molecule has 0 aliphatic heterocycles. The van der Waals surface area contributed by atoms with Crippen LogP contribution in [0.3, 0.4) is 0 Å². The molecule has 0 aliphatic carbocycles. The average Bonchev–Trinajstić information content (AvgIpc) is 2.54. The van der Waals surface area contributed by atoms with Gasteiger partial charge in [-0.2, -0.15) is 0 Å². The van der Waals surface area contributed by atoms with Gasteiger partial charge in [0.1, 0.15) is 11.9 Å². The summed E-state index contributed by atoms with van der Waals surface area (Å²) in [7, 11) is 0. The Hall–Kier alpha value is -1.77. The molecule has 1 N–H and O–H groups in total. The number of halogens is 1. The van der Waals surface area contributed by atoms with Gasteiger partial charge in [0.05, 0.1) is 6.61 Å². The molecule has 0 aromatic heterocycles. The molecule has 0 radical (unpaired) electrons. The molecule has 0 aliphatic rings. The van der Waals surface area contributed by atoms with Gasteiger partial charge in [0, 0.05) is 10.6 Å². The van der Waals surface area contributed by atoms with Crippen LogP contribution in [0.5, 0.6) is 5.75 Å². The summed E-state index contributed by atoms with van der Waals surface area (Å²) in [5, 5.41) is 11.5. The molecule has 2 rings (SSSR count). The van der Waals surface area contributed by atoms with Crippen molar-refractivity contribution in [2.24, 2.45) is 0 Å². The standard InChI is InChI=1S/C19H21ClO2/c1-4-13-10-11-14(20)12-17(13)19(21)16-8-7-9-18(22-6-3)15(16)5-2/h5,7-12,19,21H,2,4,6H2,1,3H3/t19-/m1/s1. The second-order valence-electron chi connectivity index (χ2n) is 5.00. The zero-order valence-electron chi connectivity index (χ0n) is 13.0. The fraction of sp³-hybridized carbons (Fsp3) is 0.263. The molecule has 0 amide bonds. The summed E-state index contributed by atoms with van der Waals surface area (Å²) in [6.45, 7) is 8.41. The van der Waals surface area contributed by atoms with E-state index in [1.165, 1.54) is 0 Å². The van der Waals surface area contributed by atoms with Crippen molar-refractivity contribution in [3.05, 3.63) is 70.3 Å². The van der Waals surface area contributed by atoms with Gasteiger partial charge in [0.25, 0.3) is 0 Å². The number of aliphatic hydroxyl groups is 1. The van der Waals surface area contributed by atoms with Crippen LogP contribution in [0.15, 0.2) is 43.0 Å². The zero-order valence-corrected chi connectivity index (χ0v) is 13.7. The molecule has 0 fully saturated rings. The lowest BCUT2D eigenvalue weighted by Gasteiger charge is -2.19. The predicted molar refractivity (Wildman–Crippen MR) is 92.6 cm³/mol. The maximum absolute atomic E-state index is 10.9. The Balaban J connectivity index is 2.54. The maximum atomic E-state index is 10.9. The van der Waals surface area contributed by atoms with E-state index in [-0.39, 0.29) is 0 Å². The van der Waals surface area contributed by atoms with Crippen LogP contribution in [0.1, 0.15) is 42.2 Å². The first-order chi connectivity index (χ1) is 10.6. The maximum Gasteiger partial charge on any atom is 0.126 e. The van der Waals surface area contributed by atoms with Crippen LogP contribution < -0.4 is 4.74 Å². The van der Waals surface area contributed by atoms with Crippen LogP contribution in [0.25, 0.3) is 6.08 Å². The summed E-state index contributed by atoms with van der Waals surface area (Å²) < 4.78 is 5.63. The Morgan fingerprint density at radius 3 is 2.64 bits per heavy atom.